The molecule has 0 atom stereocenters. The van der Waals surface area contributed by atoms with Crippen LogP contribution in [0.2, 0.25) is 5.02 Å². The Balaban J connectivity index is 1.48. The lowest BCUT2D eigenvalue weighted by Gasteiger charge is -2.13. The number of amides is 2. The SMILES string of the molecule is COc1cc(/C=C2/SC(=Nc3cccc(Cl)c3C)NC2=O)c(Br)cc1OCC(=O)Nc1ccc(F)cc1. The van der Waals surface area contributed by atoms with Crippen molar-refractivity contribution in [1.82, 2.24) is 5.32 Å². The average molecular weight is 605 g/mol. The molecule has 0 unspecified atom stereocenters. The normalized spacial score (nSPS) is 15.1. The summed E-state index contributed by atoms with van der Waals surface area (Å²) in [6, 6.07) is 14.1. The van der Waals surface area contributed by atoms with Gasteiger partial charge in [0.25, 0.3) is 11.8 Å². The molecule has 0 radical (unpaired) electrons. The Hall–Kier alpha value is -3.34. The van der Waals surface area contributed by atoms with E-state index in [9.17, 15) is 14.0 Å². The van der Waals surface area contributed by atoms with Gasteiger partial charge >= 0.3 is 0 Å². The minimum absolute atomic E-state index is 0.285. The van der Waals surface area contributed by atoms with Crippen LogP contribution in [-0.4, -0.2) is 30.7 Å². The molecule has 0 spiro atoms. The number of benzene rings is 3. The van der Waals surface area contributed by atoms with E-state index in [1.807, 2.05) is 13.0 Å². The highest BCUT2D eigenvalue weighted by Crippen LogP contribution is 2.37. The molecule has 1 aliphatic heterocycles. The fourth-order valence-electron chi connectivity index (χ4n) is 3.26. The van der Waals surface area contributed by atoms with Crippen molar-refractivity contribution in [2.45, 2.75) is 6.92 Å². The molecule has 3 aromatic rings. The maximum Gasteiger partial charge on any atom is 0.264 e. The minimum Gasteiger partial charge on any atom is -0.493 e. The van der Waals surface area contributed by atoms with Crippen molar-refractivity contribution in [3.05, 3.63) is 85.9 Å². The molecule has 0 saturated carbocycles. The molecule has 1 aliphatic rings. The second kappa shape index (κ2) is 11.8. The van der Waals surface area contributed by atoms with Gasteiger partial charge in [0.2, 0.25) is 0 Å². The maximum atomic E-state index is 13.0. The van der Waals surface area contributed by atoms with Gasteiger partial charge in [-0.3, -0.25) is 9.59 Å². The van der Waals surface area contributed by atoms with Gasteiger partial charge in [-0.25, -0.2) is 9.38 Å². The van der Waals surface area contributed by atoms with Gasteiger partial charge in [-0.05, 0) is 84.4 Å². The number of anilines is 1. The van der Waals surface area contributed by atoms with Crippen molar-refractivity contribution in [2.75, 3.05) is 19.0 Å². The summed E-state index contributed by atoms with van der Waals surface area (Å²) in [5, 5.41) is 6.42. The predicted molar refractivity (Wildman–Crippen MR) is 148 cm³/mol. The summed E-state index contributed by atoms with van der Waals surface area (Å²) in [4.78, 5) is 29.8. The summed E-state index contributed by atoms with van der Waals surface area (Å²) in [6.45, 7) is 1.57. The second-order valence-corrected chi connectivity index (χ2v) is 10.0. The van der Waals surface area contributed by atoms with E-state index in [0.717, 1.165) is 5.56 Å². The zero-order chi connectivity index (χ0) is 26.5. The molecule has 2 N–H and O–H groups in total. The van der Waals surface area contributed by atoms with Gasteiger partial charge in [0, 0.05) is 15.2 Å². The van der Waals surface area contributed by atoms with E-state index in [2.05, 4.69) is 31.6 Å². The van der Waals surface area contributed by atoms with Gasteiger partial charge < -0.3 is 20.1 Å². The van der Waals surface area contributed by atoms with Gasteiger partial charge in [0.05, 0.1) is 17.7 Å². The van der Waals surface area contributed by atoms with E-state index in [4.69, 9.17) is 21.1 Å². The third-order valence-electron chi connectivity index (χ3n) is 5.17. The summed E-state index contributed by atoms with van der Waals surface area (Å²) in [5.41, 5.74) is 2.60. The van der Waals surface area contributed by atoms with Crippen LogP contribution < -0.4 is 20.1 Å². The number of nitrogens with zero attached hydrogens (tertiary/aromatic N) is 1. The highest BCUT2D eigenvalue weighted by atomic mass is 79.9. The molecule has 1 fully saturated rings. The first-order valence-corrected chi connectivity index (χ1v) is 12.8. The second-order valence-electron chi connectivity index (χ2n) is 7.73. The van der Waals surface area contributed by atoms with Gasteiger partial charge in [-0.2, -0.15) is 0 Å². The molecule has 0 aliphatic carbocycles. The Morgan fingerprint density at radius 1 is 1.22 bits per heavy atom. The number of carbonyl (C=O) groups is 2. The quantitative estimate of drug-likeness (QED) is 0.302. The summed E-state index contributed by atoms with van der Waals surface area (Å²) in [7, 11) is 1.47. The third-order valence-corrected chi connectivity index (χ3v) is 7.17. The molecule has 1 heterocycles. The number of rotatable bonds is 7. The fourth-order valence-corrected chi connectivity index (χ4v) is 4.69. The number of halogens is 3. The fraction of sp³-hybridized carbons (Fsp3) is 0.115. The van der Waals surface area contributed by atoms with Crippen molar-refractivity contribution < 1.29 is 23.5 Å². The summed E-state index contributed by atoms with van der Waals surface area (Å²) >= 11 is 10.9. The number of nitrogens with one attached hydrogen (secondary N) is 2. The summed E-state index contributed by atoms with van der Waals surface area (Å²) in [6.07, 6.45) is 1.70. The monoisotopic (exact) mass is 603 g/mol. The molecule has 2 amide bonds. The largest absolute Gasteiger partial charge is 0.493 e. The van der Waals surface area contributed by atoms with Crippen molar-refractivity contribution >= 4 is 73.7 Å². The Morgan fingerprint density at radius 3 is 2.70 bits per heavy atom. The summed E-state index contributed by atoms with van der Waals surface area (Å²) < 4.78 is 24.7. The van der Waals surface area contributed by atoms with Gasteiger partial charge in [0.15, 0.2) is 23.3 Å². The van der Waals surface area contributed by atoms with E-state index in [-0.39, 0.29) is 12.5 Å². The minimum atomic E-state index is -0.420. The Kier molecular flexibility index (Phi) is 8.52. The van der Waals surface area contributed by atoms with E-state index in [0.29, 0.717) is 48.0 Å². The van der Waals surface area contributed by atoms with Crippen molar-refractivity contribution in [2.24, 2.45) is 4.99 Å². The van der Waals surface area contributed by atoms with Crippen LogP contribution >= 0.6 is 39.3 Å². The van der Waals surface area contributed by atoms with Crippen LogP contribution in [0, 0.1) is 12.7 Å². The lowest BCUT2D eigenvalue weighted by Crippen LogP contribution is -2.20. The van der Waals surface area contributed by atoms with Crippen LogP contribution in [-0.2, 0) is 9.59 Å². The van der Waals surface area contributed by atoms with Crippen LogP contribution in [0.3, 0.4) is 0 Å². The first kappa shape index (κ1) is 26.7. The van der Waals surface area contributed by atoms with Crippen molar-refractivity contribution in [3.63, 3.8) is 0 Å². The molecule has 3 aromatic carbocycles. The number of ether oxygens (including phenoxy) is 2. The predicted octanol–water partition coefficient (Wildman–Crippen LogP) is 6.47. The number of hydrogen-bond acceptors (Lipinski definition) is 6. The first-order valence-electron chi connectivity index (χ1n) is 10.8. The molecule has 190 valence electrons. The van der Waals surface area contributed by atoms with Gasteiger partial charge in [-0.1, -0.05) is 33.6 Å². The van der Waals surface area contributed by atoms with Crippen molar-refractivity contribution in [1.29, 1.82) is 0 Å². The molecule has 0 aromatic heterocycles. The number of thioether (sulfide) groups is 1. The molecule has 11 heteroatoms. The van der Waals surface area contributed by atoms with E-state index >= 15 is 0 Å². The Labute approximate surface area is 230 Å². The molecule has 4 rings (SSSR count). The first-order chi connectivity index (χ1) is 17.7. The van der Waals surface area contributed by atoms with Gasteiger partial charge in [0.1, 0.15) is 5.82 Å². The van der Waals surface area contributed by atoms with Crippen LogP contribution in [0.4, 0.5) is 15.8 Å². The number of aliphatic imine (C=N–C) groups is 1. The Morgan fingerprint density at radius 2 is 1.97 bits per heavy atom. The lowest BCUT2D eigenvalue weighted by atomic mass is 10.2. The third kappa shape index (κ3) is 6.71. The zero-order valence-electron chi connectivity index (χ0n) is 19.6. The Bertz CT molecular complexity index is 1430. The van der Waals surface area contributed by atoms with Crippen molar-refractivity contribution in [3.8, 4) is 11.5 Å². The highest BCUT2D eigenvalue weighted by molar-refractivity contribution is 9.10. The van der Waals surface area contributed by atoms with E-state index < -0.39 is 11.7 Å². The van der Waals surface area contributed by atoms with Crippen LogP contribution in [0.25, 0.3) is 6.08 Å². The molecule has 0 bridgehead atoms. The molecular weight excluding hydrogens is 585 g/mol. The molecular formula is C26H20BrClFN3O4S. The average Bonchev–Trinajstić information content (AvgIpc) is 3.21. The number of carbonyl (C=O) groups excluding carboxylic acids is 2. The maximum absolute atomic E-state index is 13.0. The topological polar surface area (TPSA) is 89.0 Å². The van der Waals surface area contributed by atoms with Gasteiger partial charge in [-0.15, -0.1) is 0 Å². The summed E-state index contributed by atoms with van der Waals surface area (Å²) in [5.74, 6) is -0.402. The van der Waals surface area contributed by atoms with Crippen LogP contribution in [0.15, 0.2) is 69.0 Å². The van der Waals surface area contributed by atoms with E-state index in [1.165, 1.54) is 43.1 Å². The lowest BCUT2D eigenvalue weighted by molar-refractivity contribution is -0.118. The standard InChI is InChI=1S/C26H20BrClFN3O4S/c1-14-19(28)4-3-5-20(14)31-26-32-25(34)23(37-26)11-15-10-21(35-2)22(12-18(15)27)36-13-24(33)30-17-8-6-16(29)7-9-17/h3-12H,13H2,1-2H3,(H,30,33)(H,31,32,34)/b23-11+. The number of amidine groups is 1. The smallest absolute Gasteiger partial charge is 0.264 e. The van der Waals surface area contributed by atoms with Crippen LogP contribution in [0.5, 0.6) is 11.5 Å². The number of methoxy groups -OCH3 is 1. The number of hydrogen-bond donors (Lipinski definition) is 2. The zero-order valence-corrected chi connectivity index (χ0v) is 22.8. The van der Waals surface area contributed by atoms with E-state index in [1.54, 1.807) is 30.3 Å². The molecule has 7 nitrogen and oxygen atoms in total. The van der Waals surface area contributed by atoms with Crippen LogP contribution in [0.1, 0.15) is 11.1 Å². The highest BCUT2D eigenvalue weighted by Gasteiger charge is 2.25. The molecule has 37 heavy (non-hydrogen) atoms. The molecule has 1 saturated heterocycles.